The van der Waals surface area contributed by atoms with Gasteiger partial charge in [-0.3, -0.25) is 0 Å². The lowest BCUT2D eigenvalue weighted by Gasteiger charge is -2.28. The zero-order valence-electron chi connectivity index (χ0n) is 9.20. The summed E-state index contributed by atoms with van der Waals surface area (Å²) in [6.07, 6.45) is 3.32. The van der Waals surface area contributed by atoms with Crippen LogP contribution in [-0.2, 0) is 5.41 Å². The Morgan fingerprint density at radius 3 is 2.29 bits per heavy atom. The van der Waals surface area contributed by atoms with Gasteiger partial charge < -0.3 is 5.73 Å². The van der Waals surface area contributed by atoms with Gasteiger partial charge in [-0.2, -0.15) is 0 Å². The molecule has 0 unspecified atom stereocenters. The summed E-state index contributed by atoms with van der Waals surface area (Å²) in [5.74, 6) is -2.94. The fourth-order valence-electron chi connectivity index (χ4n) is 2.59. The summed E-state index contributed by atoms with van der Waals surface area (Å²) in [4.78, 5) is 0. The summed E-state index contributed by atoms with van der Waals surface area (Å²) < 4.78 is 40.1. The fraction of sp³-hybridized carbons (Fsp3) is 0.500. The second-order valence-corrected chi connectivity index (χ2v) is 5.33. The maximum atomic E-state index is 14.0. The topological polar surface area (TPSA) is 26.0 Å². The molecular formula is C12H13BrF3N. The van der Waals surface area contributed by atoms with Gasteiger partial charge in [0.1, 0.15) is 5.82 Å². The first-order valence-electron chi connectivity index (χ1n) is 5.55. The van der Waals surface area contributed by atoms with Crippen LogP contribution in [0.1, 0.15) is 31.2 Å². The largest absolute Gasteiger partial charge is 0.330 e. The van der Waals surface area contributed by atoms with Gasteiger partial charge in [0.05, 0.1) is 4.47 Å². The van der Waals surface area contributed by atoms with Crippen LogP contribution < -0.4 is 5.73 Å². The Balaban J connectivity index is 2.59. The summed E-state index contributed by atoms with van der Waals surface area (Å²) in [6, 6.07) is 0.952. The highest BCUT2D eigenvalue weighted by Crippen LogP contribution is 2.43. The van der Waals surface area contributed by atoms with E-state index in [4.69, 9.17) is 5.73 Å². The summed E-state index contributed by atoms with van der Waals surface area (Å²) in [6.45, 7) is 0.251. The first kappa shape index (κ1) is 12.9. The van der Waals surface area contributed by atoms with E-state index in [0.29, 0.717) is 0 Å². The molecule has 1 aliphatic carbocycles. The van der Waals surface area contributed by atoms with E-state index < -0.39 is 27.3 Å². The number of hydrogen-bond donors (Lipinski definition) is 1. The van der Waals surface area contributed by atoms with Crippen molar-refractivity contribution < 1.29 is 13.2 Å². The van der Waals surface area contributed by atoms with Crippen molar-refractivity contribution in [2.24, 2.45) is 5.73 Å². The van der Waals surface area contributed by atoms with Crippen molar-refractivity contribution in [3.8, 4) is 0 Å². The highest BCUT2D eigenvalue weighted by Gasteiger charge is 2.38. The maximum absolute atomic E-state index is 14.0. The van der Waals surface area contributed by atoms with E-state index in [9.17, 15) is 13.2 Å². The van der Waals surface area contributed by atoms with Crippen LogP contribution >= 0.6 is 15.9 Å². The van der Waals surface area contributed by atoms with Crippen molar-refractivity contribution in [3.63, 3.8) is 0 Å². The molecule has 0 bridgehead atoms. The van der Waals surface area contributed by atoms with Crippen LogP contribution in [0.2, 0.25) is 0 Å². The zero-order valence-corrected chi connectivity index (χ0v) is 10.8. The molecule has 94 valence electrons. The smallest absolute Gasteiger partial charge is 0.175 e. The molecule has 0 atom stereocenters. The van der Waals surface area contributed by atoms with Crippen LogP contribution in [0.5, 0.6) is 0 Å². The van der Waals surface area contributed by atoms with Crippen LogP contribution in [0.3, 0.4) is 0 Å². The number of rotatable bonds is 2. The Hall–Kier alpha value is -0.550. The molecule has 2 rings (SSSR count). The Morgan fingerprint density at radius 2 is 1.76 bits per heavy atom. The summed E-state index contributed by atoms with van der Waals surface area (Å²) >= 11 is 2.75. The standard InChI is InChI=1S/C12H13BrF3N/c13-9-10(15)7(5-8(14)11(9)16)12(6-17)3-1-2-4-12/h5H,1-4,6,17H2. The number of halogens is 4. The minimum absolute atomic E-state index is 0.197. The van der Waals surface area contributed by atoms with Crippen LogP contribution in [0.25, 0.3) is 0 Å². The summed E-state index contributed by atoms with van der Waals surface area (Å²) in [5.41, 5.74) is 5.37. The van der Waals surface area contributed by atoms with E-state index in [2.05, 4.69) is 15.9 Å². The predicted molar refractivity (Wildman–Crippen MR) is 63.2 cm³/mol. The maximum Gasteiger partial charge on any atom is 0.175 e. The van der Waals surface area contributed by atoms with Crippen LogP contribution in [0.15, 0.2) is 10.5 Å². The third-order valence-electron chi connectivity index (χ3n) is 3.63. The van der Waals surface area contributed by atoms with E-state index in [1.54, 1.807) is 0 Å². The number of nitrogens with two attached hydrogens (primary N) is 1. The third-order valence-corrected chi connectivity index (χ3v) is 4.32. The van der Waals surface area contributed by atoms with E-state index in [1.807, 2.05) is 0 Å². The quantitative estimate of drug-likeness (QED) is 0.655. The van der Waals surface area contributed by atoms with Gasteiger partial charge >= 0.3 is 0 Å². The van der Waals surface area contributed by atoms with Crippen molar-refractivity contribution >= 4 is 15.9 Å². The van der Waals surface area contributed by atoms with Crippen molar-refractivity contribution in [1.29, 1.82) is 0 Å². The Morgan fingerprint density at radius 1 is 1.18 bits per heavy atom. The van der Waals surface area contributed by atoms with Gasteiger partial charge in [0.2, 0.25) is 0 Å². The lowest BCUT2D eigenvalue weighted by atomic mass is 9.78. The molecule has 1 fully saturated rings. The van der Waals surface area contributed by atoms with Crippen molar-refractivity contribution in [2.45, 2.75) is 31.1 Å². The molecule has 5 heteroatoms. The van der Waals surface area contributed by atoms with Gasteiger partial charge in [-0.15, -0.1) is 0 Å². The molecule has 2 N–H and O–H groups in total. The molecule has 1 aliphatic rings. The molecule has 17 heavy (non-hydrogen) atoms. The van der Waals surface area contributed by atoms with E-state index in [1.165, 1.54) is 0 Å². The molecule has 0 saturated heterocycles. The molecule has 0 heterocycles. The van der Waals surface area contributed by atoms with E-state index in [0.717, 1.165) is 31.7 Å². The molecule has 1 aromatic rings. The van der Waals surface area contributed by atoms with Crippen molar-refractivity contribution in [2.75, 3.05) is 6.54 Å². The Labute approximate surface area is 106 Å². The molecule has 1 aromatic carbocycles. The minimum Gasteiger partial charge on any atom is -0.330 e. The molecule has 0 amide bonds. The minimum atomic E-state index is -1.18. The molecule has 0 radical (unpaired) electrons. The molecule has 1 saturated carbocycles. The SMILES string of the molecule is NCC1(c2cc(F)c(F)c(Br)c2F)CCCC1. The zero-order chi connectivity index (χ0) is 12.6. The first-order valence-corrected chi connectivity index (χ1v) is 6.35. The van der Waals surface area contributed by atoms with Crippen LogP contribution in [0.4, 0.5) is 13.2 Å². The predicted octanol–water partition coefficient (Wildman–Crippen LogP) is 3.64. The van der Waals surface area contributed by atoms with Gasteiger partial charge in [-0.05, 0) is 40.4 Å². The summed E-state index contributed by atoms with van der Waals surface area (Å²) in [7, 11) is 0. The van der Waals surface area contributed by atoms with E-state index >= 15 is 0 Å². The van der Waals surface area contributed by atoms with Crippen molar-refractivity contribution in [1.82, 2.24) is 0 Å². The number of hydrogen-bond acceptors (Lipinski definition) is 1. The van der Waals surface area contributed by atoms with Gasteiger partial charge in [0.25, 0.3) is 0 Å². The molecule has 0 aromatic heterocycles. The second kappa shape index (κ2) is 4.61. The molecule has 0 aliphatic heterocycles. The van der Waals surface area contributed by atoms with E-state index in [-0.39, 0.29) is 12.1 Å². The summed E-state index contributed by atoms with van der Waals surface area (Å²) in [5, 5.41) is 0. The normalized spacial score (nSPS) is 18.6. The molecular weight excluding hydrogens is 295 g/mol. The van der Waals surface area contributed by atoms with Gasteiger partial charge in [0.15, 0.2) is 11.6 Å². The second-order valence-electron chi connectivity index (χ2n) is 4.54. The highest BCUT2D eigenvalue weighted by atomic mass is 79.9. The highest BCUT2D eigenvalue weighted by molar-refractivity contribution is 9.10. The molecule has 0 spiro atoms. The fourth-order valence-corrected chi connectivity index (χ4v) is 3.00. The first-order chi connectivity index (χ1) is 8.02. The Bertz CT molecular complexity index is 442. The van der Waals surface area contributed by atoms with Gasteiger partial charge in [0, 0.05) is 12.0 Å². The Kier molecular flexibility index (Phi) is 3.50. The van der Waals surface area contributed by atoms with Crippen LogP contribution in [0, 0.1) is 17.5 Å². The lowest BCUT2D eigenvalue weighted by molar-refractivity contribution is 0.410. The van der Waals surface area contributed by atoms with Gasteiger partial charge in [-0.1, -0.05) is 12.8 Å². The monoisotopic (exact) mass is 307 g/mol. The average molecular weight is 308 g/mol. The third kappa shape index (κ3) is 1.99. The average Bonchev–Trinajstić information content (AvgIpc) is 2.81. The number of benzene rings is 1. The lowest BCUT2D eigenvalue weighted by Crippen LogP contribution is -2.33. The molecule has 1 nitrogen and oxygen atoms in total. The van der Waals surface area contributed by atoms with Crippen molar-refractivity contribution in [3.05, 3.63) is 33.6 Å². The van der Waals surface area contributed by atoms with Crippen LogP contribution in [-0.4, -0.2) is 6.54 Å². The van der Waals surface area contributed by atoms with Gasteiger partial charge in [-0.25, -0.2) is 13.2 Å².